The van der Waals surface area contributed by atoms with Gasteiger partial charge < -0.3 is 4.74 Å². The third kappa shape index (κ3) is 2.29. The van der Waals surface area contributed by atoms with Gasteiger partial charge in [0, 0.05) is 0 Å². The van der Waals surface area contributed by atoms with Crippen molar-refractivity contribution in [3.05, 3.63) is 12.8 Å². The molecule has 60 valence electrons. The average molecular weight is 154 g/mol. The Morgan fingerprint density at radius 1 is 1.70 bits per heavy atom. The van der Waals surface area contributed by atoms with Gasteiger partial charge in [0.05, 0.1) is 6.26 Å². The predicted molar refractivity (Wildman–Crippen MR) is 31.7 cm³/mol. The zero-order valence-corrected chi connectivity index (χ0v) is 5.61. The average Bonchev–Trinajstić information content (AvgIpc) is 1.89. The molecule has 0 rings (SSSR count). The van der Waals surface area contributed by atoms with Crippen LogP contribution >= 0.6 is 0 Å². The van der Waals surface area contributed by atoms with Crippen LogP contribution in [0.15, 0.2) is 12.8 Å². The molecule has 10 heavy (non-hydrogen) atoms. The van der Waals surface area contributed by atoms with E-state index in [1.165, 1.54) is 0 Å². The maximum atomic E-state index is 12.2. The Bertz CT molecular complexity index is 114. The zero-order chi connectivity index (χ0) is 8.20. The topological polar surface area (TPSA) is 9.23 Å². The molecule has 0 aromatic heterocycles. The molecule has 0 saturated heterocycles. The van der Waals surface area contributed by atoms with Crippen molar-refractivity contribution in [2.75, 3.05) is 6.67 Å². The molecule has 0 saturated carbocycles. The number of rotatable bonds is 4. The van der Waals surface area contributed by atoms with Crippen LogP contribution in [0.3, 0.4) is 0 Å². The van der Waals surface area contributed by atoms with Crippen LogP contribution in [0.2, 0.25) is 0 Å². The minimum absolute atomic E-state index is 0.869. The molecule has 0 aromatic carbocycles. The molecule has 0 aliphatic carbocycles. The molecule has 0 radical (unpaired) electrons. The fourth-order valence-corrected chi connectivity index (χ4v) is 0.353. The summed E-state index contributed by atoms with van der Waals surface area (Å²) in [6.45, 7) is 2.45. The van der Waals surface area contributed by atoms with Gasteiger partial charge in [0.1, 0.15) is 0 Å². The lowest BCUT2D eigenvalue weighted by molar-refractivity contribution is -0.116. The third-order valence-corrected chi connectivity index (χ3v) is 1.07. The summed E-state index contributed by atoms with van der Waals surface area (Å²) in [6, 6.07) is 0. The van der Waals surface area contributed by atoms with E-state index in [1.807, 2.05) is 0 Å². The van der Waals surface area contributed by atoms with Crippen LogP contribution in [0.1, 0.15) is 6.92 Å². The summed E-state index contributed by atoms with van der Waals surface area (Å²) in [4.78, 5) is 0. The van der Waals surface area contributed by atoms with E-state index in [2.05, 4.69) is 11.3 Å². The summed E-state index contributed by atoms with van der Waals surface area (Å²) in [7, 11) is 0. The minimum atomic E-state index is -3.41. The molecule has 0 bridgehead atoms. The second kappa shape index (κ2) is 3.49. The van der Waals surface area contributed by atoms with E-state index < -0.39 is 18.7 Å². The third-order valence-electron chi connectivity index (χ3n) is 1.07. The Kier molecular flexibility index (Phi) is 3.25. The highest BCUT2D eigenvalue weighted by molar-refractivity contribution is 4.74. The van der Waals surface area contributed by atoms with Gasteiger partial charge in [-0.3, -0.25) is 0 Å². The highest BCUT2D eigenvalue weighted by Crippen LogP contribution is 2.21. The van der Waals surface area contributed by atoms with Gasteiger partial charge >= 0.3 is 5.92 Å². The van der Waals surface area contributed by atoms with Crippen LogP contribution < -0.4 is 0 Å². The lowest BCUT2D eigenvalue weighted by Gasteiger charge is -2.19. The molecule has 0 aliphatic rings. The predicted octanol–water partition coefficient (Wildman–Crippen LogP) is 2.14. The molecule has 0 fully saturated rings. The molecule has 1 nitrogen and oxygen atoms in total. The first kappa shape index (κ1) is 9.33. The van der Waals surface area contributed by atoms with Gasteiger partial charge in [-0.2, -0.15) is 8.78 Å². The molecule has 0 aromatic rings. The van der Waals surface area contributed by atoms with Gasteiger partial charge in [-0.25, -0.2) is 4.39 Å². The summed E-state index contributed by atoms with van der Waals surface area (Å²) in [5.74, 6) is -3.41. The van der Waals surface area contributed by atoms with Crippen molar-refractivity contribution in [3.63, 3.8) is 0 Å². The molecular formula is C6H9F3O. The summed E-state index contributed by atoms with van der Waals surface area (Å²) < 4.78 is 40.1. The van der Waals surface area contributed by atoms with E-state index in [1.54, 1.807) is 0 Å². The van der Waals surface area contributed by atoms with Gasteiger partial charge in [-0.15, -0.1) is 0 Å². The van der Waals surface area contributed by atoms with Crippen molar-refractivity contribution in [2.24, 2.45) is 0 Å². The molecule has 1 unspecified atom stereocenters. The number of halogens is 3. The van der Waals surface area contributed by atoms with Gasteiger partial charge in [0.2, 0.25) is 0 Å². The second-order valence-electron chi connectivity index (χ2n) is 1.84. The molecule has 1 atom stereocenters. The molecule has 0 spiro atoms. The van der Waals surface area contributed by atoms with E-state index in [0.717, 1.165) is 13.2 Å². The Morgan fingerprint density at radius 3 is 2.50 bits per heavy atom. The highest BCUT2D eigenvalue weighted by atomic mass is 19.3. The Balaban J connectivity index is 3.89. The van der Waals surface area contributed by atoms with Crippen molar-refractivity contribution in [3.8, 4) is 0 Å². The quantitative estimate of drug-likeness (QED) is 0.563. The van der Waals surface area contributed by atoms with E-state index in [0.29, 0.717) is 0 Å². The molecule has 0 N–H and O–H groups in total. The van der Waals surface area contributed by atoms with Crippen LogP contribution in [-0.2, 0) is 4.74 Å². The van der Waals surface area contributed by atoms with Crippen LogP contribution in [0.5, 0.6) is 0 Å². The fraction of sp³-hybridized carbons (Fsp3) is 0.667. The zero-order valence-electron chi connectivity index (χ0n) is 5.61. The van der Waals surface area contributed by atoms with Gasteiger partial charge in [0.25, 0.3) is 0 Å². The largest absolute Gasteiger partial charge is 0.493 e. The fourth-order valence-electron chi connectivity index (χ4n) is 0.353. The summed E-state index contributed by atoms with van der Waals surface area (Å²) in [6.07, 6.45) is -0.580. The summed E-state index contributed by atoms with van der Waals surface area (Å²) >= 11 is 0. The minimum Gasteiger partial charge on any atom is -0.493 e. The van der Waals surface area contributed by atoms with Crippen molar-refractivity contribution >= 4 is 0 Å². The van der Waals surface area contributed by atoms with E-state index >= 15 is 0 Å². The van der Waals surface area contributed by atoms with Crippen LogP contribution in [0.4, 0.5) is 13.2 Å². The SMILES string of the molecule is C=COC(C)C(F)(F)CF. The number of alkyl halides is 3. The summed E-state index contributed by atoms with van der Waals surface area (Å²) in [5, 5.41) is 0. The van der Waals surface area contributed by atoms with Crippen molar-refractivity contribution in [1.29, 1.82) is 0 Å². The van der Waals surface area contributed by atoms with E-state index in [-0.39, 0.29) is 0 Å². The monoisotopic (exact) mass is 154 g/mol. The Hall–Kier alpha value is -0.670. The molecular weight excluding hydrogens is 145 g/mol. The smallest absolute Gasteiger partial charge is 0.311 e. The number of hydrogen-bond donors (Lipinski definition) is 0. The van der Waals surface area contributed by atoms with Gasteiger partial charge in [-0.1, -0.05) is 6.58 Å². The van der Waals surface area contributed by atoms with Gasteiger partial charge in [0.15, 0.2) is 12.8 Å². The lowest BCUT2D eigenvalue weighted by atomic mass is 10.2. The second-order valence-corrected chi connectivity index (χ2v) is 1.84. The molecule has 4 heteroatoms. The summed E-state index contributed by atoms with van der Waals surface area (Å²) in [5.41, 5.74) is 0. The first-order valence-electron chi connectivity index (χ1n) is 2.74. The number of hydrogen-bond acceptors (Lipinski definition) is 1. The Labute approximate surface area is 57.5 Å². The first-order chi connectivity index (χ1) is 4.54. The van der Waals surface area contributed by atoms with Crippen molar-refractivity contribution in [1.82, 2.24) is 0 Å². The van der Waals surface area contributed by atoms with Crippen LogP contribution in [0, 0.1) is 0 Å². The first-order valence-corrected chi connectivity index (χ1v) is 2.74. The normalized spacial score (nSPS) is 14.4. The molecule has 0 amide bonds. The molecule has 0 heterocycles. The van der Waals surface area contributed by atoms with Crippen molar-refractivity contribution < 1.29 is 17.9 Å². The van der Waals surface area contributed by atoms with E-state index in [9.17, 15) is 13.2 Å². The van der Waals surface area contributed by atoms with Gasteiger partial charge in [-0.05, 0) is 6.92 Å². The maximum absolute atomic E-state index is 12.2. The van der Waals surface area contributed by atoms with E-state index in [4.69, 9.17) is 0 Å². The lowest BCUT2D eigenvalue weighted by Crippen LogP contribution is -2.34. The highest BCUT2D eigenvalue weighted by Gasteiger charge is 2.37. The van der Waals surface area contributed by atoms with Crippen molar-refractivity contribution in [2.45, 2.75) is 19.0 Å². The maximum Gasteiger partial charge on any atom is 0.311 e. The van der Waals surface area contributed by atoms with Crippen LogP contribution in [-0.4, -0.2) is 18.7 Å². The van der Waals surface area contributed by atoms with Crippen LogP contribution in [0.25, 0.3) is 0 Å². The Morgan fingerprint density at radius 2 is 2.20 bits per heavy atom. The number of ether oxygens (including phenoxy) is 1. The molecule has 0 aliphatic heterocycles. The standard InChI is InChI=1S/C6H9F3O/c1-3-10-5(2)6(8,9)4-7/h3,5H,1,4H2,2H3.